The van der Waals surface area contributed by atoms with Gasteiger partial charge in [-0.3, -0.25) is 0 Å². The molecule has 1 saturated heterocycles. The molecular weight excluding hydrogens is 282 g/mol. The average Bonchev–Trinajstić information content (AvgIpc) is 2.63. The fraction of sp³-hybridized carbons (Fsp3) is 0.417. The second-order valence-electron chi connectivity index (χ2n) is 4.16. The number of aryl methyl sites for hydroxylation is 1. The number of benzene rings is 1. The maximum Gasteiger partial charge on any atom is 0.317 e. The largest absolute Gasteiger partial charge is 0.383 e. The molecule has 1 fully saturated rings. The zero-order chi connectivity index (χ0) is 12.3. The molecule has 1 heterocycles. The topological polar surface area (TPSA) is 44.4 Å². The molecule has 0 radical (unpaired) electrons. The van der Waals surface area contributed by atoms with Crippen LogP contribution in [-0.4, -0.2) is 37.1 Å². The van der Waals surface area contributed by atoms with Crippen LogP contribution in [0.2, 0.25) is 0 Å². The molecule has 1 aromatic rings. The van der Waals surface area contributed by atoms with E-state index in [1.54, 1.807) is 0 Å². The number of urea groups is 1. The Bertz CT molecular complexity index is 402. The summed E-state index contributed by atoms with van der Waals surface area (Å²) >= 11 is 3.47. The predicted molar refractivity (Wildman–Crippen MR) is 72.3 cm³/mol. The lowest BCUT2D eigenvalue weighted by Gasteiger charge is -2.15. The van der Waals surface area contributed by atoms with Crippen molar-refractivity contribution >= 4 is 27.6 Å². The number of amides is 2. The summed E-state index contributed by atoms with van der Waals surface area (Å²) in [5.74, 6) is 0. The van der Waals surface area contributed by atoms with Gasteiger partial charge in [0.1, 0.15) is 0 Å². The minimum Gasteiger partial charge on any atom is -0.383 e. The molecule has 0 spiro atoms. The van der Waals surface area contributed by atoms with Crippen molar-refractivity contribution in [1.29, 1.82) is 0 Å². The zero-order valence-electron chi connectivity index (χ0n) is 9.79. The first-order chi connectivity index (χ1) is 8.15. The number of nitrogens with zero attached hydrogens (tertiary/aromatic N) is 1. The summed E-state index contributed by atoms with van der Waals surface area (Å²) in [6.07, 6.45) is 0. The van der Waals surface area contributed by atoms with Crippen molar-refractivity contribution in [3.63, 3.8) is 0 Å². The van der Waals surface area contributed by atoms with E-state index in [-0.39, 0.29) is 6.03 Å². The summed E-state index contributed by atoms with van der Waals surface area (Å²) in [5.41, 5.74) is 2.29. The van der Waals surface area contributed by atoms with E-state index in [2.05, 4.69) is 45.6 Å². The van der Waals surface area contributed by atoms with Gasteiger partial charge in [-0.05, 0) is 30.7 Å². The van der Waals surface area contributed by atoms with Gasteiger partial charge < -0.3 is 15.5 Å². The third kappa shape index (κ3) is 3.36. The predicted octanol–water partition coefficient (Wildman–Crippen LogP) is 2.19. The third-order valence-electron chi connectivity index (χ3n) is 2.70. The molecule has 1 aliphatic rings. The van der Waals surface area contributed by atoms with E-state index in [4.69, 9.17) is 0 Å². The first-order valence-corrected chi connectivity index (χ1v) is 6.48. The van der Waals surface area contributed by atoms with Crippen molar-refractivity contribution in [3.8, 4) is 0 Å². The maximum absolute atomic E-state index is 11.3. The van der Waals surface area contributed by atoms with Crippen LogP contribution in [0.5, 0.6) is 0 Å². The molecule has 0 aliphatic carbocycles. The van der Waals surface area contributed by atoms with Crippen LogP contribution in [0.3, 0.4) is 0 Å². The van der Waals surface area contributed by atoms with E-state index < -0.39 is 0 Å². The Morgan fingerprint density at radius 2 is 2.29 bits per heavy atom. The summed E-state index contributed by atoms with van der Waals surface area (Å²) in [6.45, 7) is 5.12. The van der Waals surface area contributed by atoms with E-state index in [9.17, 15) is 4.79 Å². The van der Waals surface area contributed by atoms with Gasteiger partial charge in [-0.2, -0.15) is 0 Å². The van der Waals surface area contributed by atoms with Crippen LogP contribution in [0.1, 0.15) is 5.56 Å². The Balaban J connectivity index is 1.83. The number of halogens is 1. The molecule has 0 aromatic heterocycles. The van der Waals surface area contributed by atoms with Gasteiger partial charge in [0.15, 0.2) is 0 Å². The van der Waals surface area contributed by atoms with Gasteiger partial charge in [0.05, 0.1) is 0 Å². The highest BCUT2D eigenvalue weighted by molar-refractivity contribution is 9.10. The van der Waals surface area contributed by atoms with Crippen molar-refractivity contribution in [1.82, 2.24) is 10.2 Å². The Kier molecular flexibility index (Phi) is 3.89. The number of hydrogen-bond acceptors (Lipinski definition) is 2. The van der Waals surface area contributed by atoms with Gasteiger partial charge in [-0.25, -0.2) is 4.79 Å². The van der Waals surface area contributed by atoms with E-state index in [1.807, 2.05) is 11.0 Å². The standard InChI is InChI=1S/C12H16BrN3O/c1-9-6-10(13)8-11(7-9)14-2-4-16-5-3-15-12(16)17/h6-8,14H,2-5H2,1H3,(H,15,17). The molecule has 17 heavy (non-hydrogen) atoms. The number of carbonyl (C=O) groups is 1. The number of rotatable bonds is 4. The van der Waals surface area contributed by atoms with E-state index in [1.165, 1.54) is 5.56 Å². The smallest absolute Gasteiger partial charge is 0.317 e. The molecule has 92 valence electrons. The Morgan fingerprint density at radius 3 is 2.94 bits per heavy atom. The van der Waals surface area contributed by atoms with Crippen LogP contribution in [0, 0.1) is 6.92 Å². The molecule has 2 rings (SSSR count). The maximum atomic E-state index is 11.3. The van der Waals surface area contributed by atoms with Crippen molar-refractivity contribution in [2.75, 3.05) is 31.5 Å². The monoisotopic (exact) mass is 297 g/mol. The average molecular weight is 298 g/mol. The van der Waals surface area contributed by atoms with Gasteiger partial charge in [0, 0.05) is 36.3 Å². The molecule has 2 N–H and O–H groups in total. The highest BCUT2D eigenvalue weighted by atomic mass is 79.9. The van der Waals surface area contributed by atoms with Crippen molar-refractivity contribution in [2.45, 2.75) is 6.92 Å². The van der Waals surface area contributed by atoms with Gasteiger partial charge in [0.25, 0.3) is 0 Å². The number of anilines is 1. The van der Waals surface area contributed by atoms with Crippen LogP contribution in [-0.2, 0) is 0 Å². The molecular formula is C12H16BrN3O. The lowest BCUT2D eigenvalue weighted by atomic mass is 10.2. The second-order valence-corrected chi connectivity index (χ2v) is 5.08. The van der Waals surface area contributed by atoms with Crippen molar-refractivity contribution in [3.05, 3.63) is 28.2 Å². The van der Waals surface area contributed by atoms with E-state index in [0.29, 0.717) is 0 Å². The summed E-state index contributed by atoms with van der Waals surface area (Å²) in [7, 11) is 0. The Labute approximate surface area is 110 Å². The normalized spacial score (nSPS) is 14.9. The first kappa shape index (κ1) is 12.2. The molecule has 1 aliphatic heterocycles. The highest BCUT2D eigenvalue weighted by Crippen LogP contribution is 2.18. The Morgan fingerprint density at radius 1 is 1.47 bits per heavy atom. The fourth-order valence-electron chi connectivity index (χ4n) is 1.90. The number of carbonyl (C=O) groups excluding carboxylic acids is 1. The molecule has 0 saturated carbocycles. The van der Waals surface area contributed by atoms with Crippen LogP contribution in [0.25, 0.3) is 0 Å². The molecule has 2 amide bonds. The Hall–Kier alpha value is -1.23. The second kappa shape index (κ2) is 5.40. The fourth-order valence-corrected chi connectivity index (χ4v) is 2.51. The van der Waals surface area contributed by atoms with Crippen LogP contribution in [0.4, 0.5) is 10.5 Å². The minimum atomic E-state index is 0.0391. The molecule has 0 atom stereocenters. The molecule has 1 aromatic carbocycles. The highest BCUT2D eigenvalue weighted by Gasteiger charge is 2.18. The minimum absolute atomic E-state index is 0.0391. The summed E-state index contributed by atoms with van der Waals surface area (Å²) in [4.78, 5) is 13.1. The number of nitrogens with one attached hydrogen (secondary N) is 2. The van der Waals surface area contributed by atoms with Crippen molar-refractivity contribution < 1.29 is 4.79 Å². The van der Waals surface area contributed by atoms with Crippen LogP contribution >= 0.6 is 15.9 Å². The van der Waals surface area contributed by atoms with Gasteiger partial charge in [-0.1, -0.05) is 15.9 Å². The summed E-state index contributed by atoms with van der Waals surface area (Å²) < 4.78 is 1.07. The van der Waals surface area contributed by atoms with Gasteiger partial charge in [0.2, 0.25) is 0 Å². The zero-order valence-corrected chi connectivity index (χ0v) is 11.4. The SMILES string of the molecule is Cc1cc(Br)cc(NCCN2CCNC2=O)c1. The lowest BCUT2D eigenvalue weighted by molar-refractivity contribution is 0.219. The molecule has 5 heteroatoms. The van der Waals surface area contributed by atoms with E-state index in [0.717, 1.165) is 36.3 Å². The first-order valence-electron chi connectivity index (χ1n) is 5.69. The third-order valence-corrected chi connectivity index (χ3v) is 3.16. The quantitative estimate of drug-likeness (QED) is 0.895. The van der Waals surface area contributed by atoms with Crippen molar-refractivity contribution in [2.24, 2.45) is 0 Å². The molecule has 4 nitrogen and oxygen atoms in total. The lowest BCUT2D eigenvalue weighted by Crippen LogP contribution is -2.32. The molecule has 0 unspecified atom stereocenters. The van der Waals surface area contributed by atoms with E-state index >= 15 is 0 Å². The summed E-state index contributed by atoms with van der Waals surface area (Å²) in [5, 5.41) is 6.11. The summed E-state index contributed by atoms with van der Waals surface area (Å²) in [6, 6.07) is 6.24. The van der Waals surface area contributed by atoms with Crippen LogP contribution in [0.15, 0.2) is 22.7 Å². The van der Waals surface area contributed by atoms with Gasteiger partial charge in [-0.15, -0.1) is 0 Å². The number of hydrogen-bond donors (Lipinski definition) is 2. The van der Waals surface area contributed by atoms with Crippen LogP contribution < -0.4 is 10.6 Å². The van der Waals surface area contributed by atoms with Gasteiger partial charge >= 0.3 is 6.03 Å². The molecule has 0 bridgehead atoms.